The van der Waals surface area contributed by atoms with Crippen LogP contribution in [0, 0.1) is 0 Å². The maximum absolute atomic E-state index is 12.5. The molecule has 0 spiro atoms. The van der Waals surface area contributed by atoms with Gasteiger partial charge in [0.05, 0.1) is 25.4 Å². The average Bonchev–Trinajstić information content (AvgIpc) is 3.36. The van der Waals surface area contributed by atoms with Gasteiger partial charge in [0, 0.05) is 12.8 Å². The molecule has 2 atom stereocenters. The fourth-order valence-corrected chi connectivity index (χ4v) is 10.5. The lowest BCUT2D eigenvalue weighted by Crippen LogP contribution is -2.45. The summed E-state index contributed by atoms with van der Waals surface area (Å²) in [5.74, 6) is -0.00905. The SMILES string of the molecule is CCCCCCCCCCCCCCCC(O)C(CO)NC(=O)CCCCCCCCCCCCCCCCCCCCCCCCCCCCCCOC(=O)CCCCCCCCCCCCCC. The highest BCUT2D eigenvalue weighted by molar-refractivity contribution is 5.76. The Hall–Kier alpha value is -1.14. The number of hydrogen-bond donors (Lipinski definition) is 3. The Balaban J connectivity index is 3.32. The fraction of sp³-hybridized carbons (Fsp3) is 0.969. The van der Waals surface area contributed by atoms with Crippen LogP contribution in [0.5, 0.6) is 0 Å². The van der Waals surface area contributed by atoms with Gasteiger partial charge in [-0.2, -0.15) is 0 Å². The second-order valence-corrected chi connectivity index (χ2v) is 22.5. The van der Waals surface area contributed by atoms with Gasteiger partial charge in [-0.1, -0.05) is 335 Å². The molecule has 1 amide bonds. The predicted molar refractivity (Wildman–Crippen MR) is 306 cm³/mol. The molecule has 6 heteroatoms. The molecule has 0 heterocycles. The summed E-state index contributed by atoms with van der Waals surface area (Å²) in [4.78, 5) is 24.5. The molecular weight excluding hydrogens is 863 g/mol. The molecule has 0 saturated carbocycles. The van der Waals surface area contributed by atoms with Gasteiger partial charge in [0.15, 0.2) is 0 Å². The van der Waals surface area contributed by atoms with E-state index in [-0.39, 0.29) is 18.5 Å². The number of aliphatic hydroxyl groups excluding tert-OH is 2. The summed E-state index contributed by atoms with van der Waals surface area (Å²) in [5, 5.41) is 23.3. The van der Waals surface area contributed by atoms with Crippen LogP contribution in [0.15, 0.2) is 0 Å². The molecule has 0 bridgehead atoms. The molecule has 2 unspecified atom stereocenters. The van der Waals surface area contributed by atoms with Crippen molar-refractivity contribution >= 4 is 11.9 Å². The van der Waals surface area contributed by atoms with Crippen molar-refractivity contribution in [3.8, 4) is 0 Å². The Bertz CT molecular complexity index is 1010. The number of amides is 1. The van der Waals surface area contributed by atoms with Crippen LogP contribution in [0.4, 0.5) is 0 Å². The van der Waals surface area contributed by atoms with Crippen LogP contribution in [0.25, 0.3) is 0 Å². The summed E-state index contributed by atoms with van der Waals surface area (Å²) in [6.07, 6.45) is 71.3. The van der Waals surface area contributed by atoms with E-state index in [9.17, 15) is 19.8 Å². The normalized spacial score (nSPS) is 12.5. The molecule has 0 aliphatic heterocycles. The average molecular weight is 991 g/mol. The summed E-state index contributed by atoms with van der Waals surface area (Å²) >= 11 is 0. The van der Waals surface area contributed by atoms with Gasteiger partial charge >= 0.3 is 5.97 Å². The summed E-state index contributed by atoms with van der Waals surface area (Å²) in [6, 6.07) is -0.537. The topological polar surface area (TPSA) is 95.9 Å². The zero-order valence-electron chi connectivity index (χ0n) is 47.8. The number of rotatable bonds is 61. The van der Waals surface area contributed by atoms with Crippen molar-refractivity contribution in [2.24, 2.45) is 0 Å². The molecule has 3 N–H and O–H groups in total. The van der Waals surface area contributed by atoms with Crippen LogP contribution in [-0.4, -0.2) is 47.4 Å². The third-order valence-corrected chi connectivity index (χ3v) is 15.4. The maximum Gasteiger partial charge on any atom is 0.305 e. The van der Waals surface area contributed by atoms with Crippen molar-refractivity contribution in [2.75, 3.05) is 13.2 Å². The quantitative estimate of drug-likeness (QED) is 0.0417. The minimum atomic E-state index is -0.660. The largest absolute Gasteiger partial charge is 0.466 e. The van der Waals surface area contributed by atoms with Crippen LogP contribution in [0.2, 0.25) is 0 Å². The van der Waals surface area contributed by atoms with Crippen molar-refractivity contribution in [1.29, 1.82) is 0 Å². The second kappa shape index (κ2) is 60.4. The van der Waals surface area contributed by atoms with Gasteiger partial charge in [-0.05, 0) is 25.7 Å². The molecule has 0 aromatic heterocycles. The van der Waals surface area contributed by atoms with Crippen LogP contribution in [-0.2, 0) is 14.3 Å². The van der Waals surface area contributed by atoms with E-state index in [1.54, 1.807) is 0 Å². The van der Waals surface area contributed by atoms with Gasteiger partial charge in [-0.3, -0.25) is 9.59 Å². The lowest BCUT2D eigenvalue weighted by molar-refractivity contribution is -0.143. The highest BCUT2D eigenvalue weighted by Gasteiger charge is 2.20. The fourth-order valence-electron chi connectivity index (χ4n) is 10.5. The molecule has 6 nitrogen and oxygen atoms in total. The number of unbranched alkanes of at least 4 members (excludes halogenated alkanes) is 50. The Morgan fingerprint density at radius 2 is 0.586 bits per heavy atom. The number of ether oxygens (including phenoxy) is 1. The van der Waals surface area contributed by atoms with E-state index < -0.39 is 12.1 Å². The van der Waals surface area contributed by atoms with Gasteiger partial charge in [-0.25, -0.2) is 0 Å². The van der Waals surface area contributed by atoms with Crippen LogP contribution >= 0.6 is 0 Å². The Morgan fingerprint density at radius 1 is 0.343 bits per heavy atom. The highest BCUT2D eigenvalue weighted by atomic mass is 16.5. The van der Waals surface area contributed by atoms with Crippen molar-refractivity contribution < 1.29 is 24.5 Å². The Morgan fingerprint density at radius 3 is 0.871 bits per heavy atom. The lowest BCUT2D eigenvalue weighted by Gasteiger charge is -2.22. The standard InChI is InChI=1S/C64H127NO5/c1-3-5-7-9-11-13-15-33-36-40-44-48-52-56-62(67)61(60-66)65-63(68)57-53-49-45-41-37-34-31-29-27-25-23-21-19-17-18-20-22-24-26-28-30-32-35-39-43-47-51-55-59-70-64(69)58-54-50-46-42-38-16-14-12-10-8-6-4-2/h61-62,66-67H,3-60H2,1-2H3,(H,65,68). The van der Waals surface area contributed by atoms with E-state index in [1.807, 2.05) is 0 Å². The minimum Gasteiger partial charge on any atom is -0.466 e. The maximum atomic E-state index is 12.5. The zero-order chi connectivity index (χ0) is 50.7. The zero-order valence-corrected chi connectivity index (χ0v) is 47.8. The molecule has 0 saturated heterocycles. The molecule has 0 aromatic rings. The van der Waals surface area contributed by atoms with E-state index in [0.29, 0.717) is 25.9 Å². The number of aliphatic hydroxyl groups is 2. The van der Waals surface area contributed by atoms with Gasteiger partial charge in [0.2, 0.25) is 5.91 Å². The van der Waals surface area contributed by atoms with Gasteiger partial charge in [0.1, 0.15) is 0 Å². The minimum absolute atomic E-state index is 0.0203. The molecule has 0 fully saturated rings. The Labute approximate surface area is 438 Å². The number of hydrogen-bond acceptors (Lipinski definition) is 5. The summed E-state index contributed by atoms with van der Waals surface area (Å²) in [6.45, 7) is 4.98. The number of nitrogens with one attached hydrogen (secondary N) is 1. The van der Waals surface area contributed by atoms with Crippen LogP contribution in [0.3, 0.4) is 0 Å². The number of esters is 1. The van der Waals surface area contributed by atoms with Crippen molar-refractivity contribution in [3.05, 3.63) is 0 Å². The third-order valence-electron chi connectivity index (χ3n) is 15.4. The van der Waals surface area contributed by atoms with Crippen LogP contribution < -0.4 is 5.32 Å². The lowest BCUT2D eigenvalue weighted by atomic mass is 10.0. The first kappa shape index (κ1) is 68.9. The van der Waals surface area contributed by atoms with E-state index in [4.69, 9.17) is 4.74 Å². The van der Waals surface area contributed by atoms with Crippen molar-refractivity contribution in [1.82, 2.24) is 5.32 Å². The number of carbonyl (C=O) groups excluding carboxylic acids is 2. The van der Waals surface area contributed by atoms with E-state index in [0.717, 1.165) is 38.5 Å². The summed E-state index contributed by atoms with van der Waals surface area (Å²) in [7, 11) is 0. The molecule has 70 heavy (non-hydrogen) atoms. The van der Waals surface area contributed by atoms with E-state index >= 15 is 0 Å². The molecule has 0 aromatic carbocycles. The first-order chi connectivity index (χ1) is 34.5. The van der Waals surface area contributed by atoms with Gasteiger partial charge in [0.25, 0.3) is 0 Å². The molecule has 0 aliphatic carbocycles. The third kappa shape index (κ3) is 56.2. The molecule has 0 aliphatic rings. The molecule has 418 valence electrons. The number of carbonyl (C=O) groups is 2. The summed E-state index contributed by atoms with van der Waals surface area (Å²) < 4.78 is 5.48. The molecular formula is C64H127NO5. The first-order valence-corrected chi connectivity index (χ1v) is 32.3. The molecule has 0 radical (unpaired) electrons. The Kier molecular flexibility index (Phi) is 59.4. The first-order valence-electron chi connectivity index (χ1n) is 32.3. The van der Waals surface area contributed by atoms with Crippen molar-refractivity contribution in [3.63, 3.8) is 0 Å². The second-order valence-electron chi connectivity index (χ2n) is 22.5. The van der Waals surface area contributed by atoms with Gasteiger partial charge in [-0.15, -0.1) is 0 Å². The smallest absolute Gasteiger partial charge is 0.305 e. The van der Waals surface area contributed by atoms with Crippen molar-refractivity contribution in [2.45, 2.75) is 386 Å². The van der Waals surface area contributed by atoms with Crippen LogP contribution in [0.1, 0.15) is 373 Å². The van der Waals surface area contributed by atoms with E-state index in [1.165, 1.54) is 302 Å². The van der Waals surface area contributed by atoms with Gasteiger partial charge < -0.3 is 20.3 Å². The summed E-state index contributed by atoms with van der Waals surface area (Å²) in [5.41, 5.74) is 0. The van der Waals surface area contributed by atoms with E-state index in [2.05, 4.69) is 19.2 Å². The molecule has 0 rings (SSSR count). The highest BCUT2D eigenvalue weighted by Crippen LogP contribution is 2.19. The monoisotopic (exact) mass is 990 g/mol. The predicted octanol–water partition coefficient (Wildman–Crippen LogP) is 20.3.